The Balaban J connectivity index is 2.53. The zero-order valence-corrected chi connectivity index (χ0v) is 13.7. The molecule has 1 rings (SSSR count). The predicted octanol–water partition coefficient (Wildman–Crippen LogP) is 2.18. The Morgan fingerprint density at radius 3 is 2.62 bits per heavy atom. The minimum atomic E-state index is 0.174. The molecular formula is C16H26N2O2S. The van der Waals surface area contributed by atoms with Crippen molar-refractivity contribution >= 4 is 17.2 Å². The number of rotatable bonds is 10. The van der Waals surface area contributed by atoms with Crippen molar-refractivity contribution in [2.24, 2.45) is 5.73 Å². The average Bonchev–Trinajstić information content (AvgIpc) is 2.48. The molecule has 0 atom stereocenters. The molecule has 4 nitrogen and oxygen atoms in total. The first-order valence-electron chi connectivity index (χ1n) is 7.49. The van der Waals surface area contributed by atoms with Gasteiger partial charge in [-0.1, -0.05) is 38.2 Å². The molecule has 21 heavy (non-hydrogen) atoms. The normalized spacial score (nSPS) is 11.1. The summed E-state index contributed by atoms with van der Waals surface area (Å²) in [6.45, 7) is 6.58. The van der Waals surface area contributed by atoms with Gasteiger partial charge in [-0.05, 0) is 25.0 Å². The molecule has 5 heteroatoms. The van der Waals surface area contributed by atoms with Crippen LogP contribution in [0.2, 0.25) is 0 Å². The fourth-order valence-corrected chi connectivity index (χ4v) is 2.56. The summed E-state index contributed by atoms with van der Waals surface area (Å²) in [4.78, 5) is 2.65. The van der Waals surface area contributed by atoms with E-state index in [0.29, 0.717) is 24.2 Å². The van der Waals surface area contributed by atoms with Crippen LogP contribution in [-0.2, 0) is 0 Å². The molecule has 3 N–H and O–H groups in total. The third-order valence-corrected chi connectivity index (χ3v) is 3.85. The van der Waals surface area contributed by atoms with Crippen LogP contribution in [0.25, 0.3) is 0 Å². The number of benzene rings is 1. The Kier molecular flexibility index (Phi) is 8.27. The first-order valence-corrected chi connectivity index (χ1v) is 7.90. The van der Waals surface area contributed by atoms with E-state index in [1.54, 1.807) is 0 Å². The lowest BCUT2D eigenvalue weighted by molar-refractivity contribution is 0.122. The van der Waals surface area contributed by atoms with Gasteiger partial charge in [-0.2, -0.15) is 0 Å². The summed E-state index contributed by atoms with van der Waals surface area (Å²) in [5, 5.41) is 9.18. The van der Waals surface area contributed by atoms with Gasteiger partial charge in [0.1, 0.15) is 17.3 Å². The van der Waals surface area contributed by atoms with Crippen LogP contribution in [0.5, 0.6) is 5.75 Å². The zero-order valence-electron chi connectivity index (χ0n) is 12.9. The number of aliphatic hydroxyl groups is 1. The number of nitrogens with zero attached hydrogens (tertiary/aromatic N) is 1. The Hall–Kier alpha value is -1.17. The van der Waals surface area contributed by atoms with Gasteiger partial charge in [0.15, 0.2) is 0 Å². The van der Waals surface area contributed by atoms with E-state index in [9.17, 15) is 5.11 Å². The van der Waals surface area contributed by atoms with Crippen molar-refractivity contribution in [1.82, 2.24) is 4.90 Å². The van der Waals surface area contributed by atoms with Gasteiger partial charge in [0.05, 0.1) is 6.61 Å². The van der Waals surface area contributed by atoms with Crippen molar-refractivity contribution in [1.29, 1.82) is 0 Å². The summed E-state index contributed by atoms with van der Waals surface area (Å²) >= 11 is 4.96. The number of hydrogen-bond donors (Lipinski definition) is 2. The van der Waals surface area contributed by atoms with Gasteiger partial charge in [-0.15, -0.1) is 0 Å². The average molecular weight is 310 g/mol. The number of thiocarbonyl (C=S) groups is 1. The molecule has 1 aromatic carbocycles. The highest BCUT2D eigenvalue weighted by Crippen LogP contribution is 2.14. The lowest BCUT2D eigenvalue weighted by Gasteiger charge is -2.29. The van der Waals surface area contributed by atoms with Crippen LogP contribution in [0.1, 0.15) is 32.3 Å². The molecule has 0 heterocycles. The van der Waals surface area contributed by atoms with Crippen molar-refractivity contribution in [3.63, 3.8) is 0 Å². The van der Waals surface area contributed by atoms with Crippen LogP contribution in [0.15, 0.2) is 24.3 Å². The lowest BCUT2D eigenvalue weighted by atomic mass is 10.1. The standard InChI is InChI=1S/C16H26N2O2S/c1-3-14(4-2)18(8-10-19)9-11-20-15-7-5-6-13(12-15)16(17)21/h5-7,12,14,19H,3-4,8-11H2,1-2H3,(H2,17,21). The zero-order chi connectivity index (χ0) is 15.7. The number of ether oxygens (including phenoxy) is 1. The molecule has 0 bridgehead atoms. The van der Waals surface area contributed by atoms with Gasteiger partial charge in [-0.25, -0.2) is 0 Å². The van der Waals surface area contributed by atoms with Gasteiger partial charge in [0.2, 0.25) is 0 Å². The van der Waals surface area contributed by atoms with E-state index in [1.165, 1.54) is 0 Å². The molecular weight excluding hydrogens is 284 g/mol. The molecule has 0 radical (unpaired) electrons. The highest BCUT2D eigenvalue weighted by molar-refractivity contribution is 7.80. The van der Waals surface area contributed by atoms with Gasteiger partial charge in [0, 0.05) is 24.7 Å². The van der Waals surface area contributed by atoms with Crippen LogP contribution >= 0.6 is 12.2 Å². The molecule has 0 aromatic heterocycles. The maximum atomic E-state index is 9.18. The van der Waals surface area contributed by atoms with Crippen molar-refractivity contribution in [3.8, 4) is 5.75 Å². The molecule has 0 spiro atoms. The first kappa shape index (κ1) is 17.9. The maximum Gasteiger partial charge on any atom is 0.120 e. The quantitative estimate of drug-likeness (QED) is 0.649. The first-order chi connectivity index (χ1) is 10.1. The summed E-state index contributed by atoms with van der Waals surface area (Å²) in [6, 6.07) is 8.00. The highest BCUT2D eigenvalue weighted by Gasteiger charge is 2.14. The Morgan fingerprint density at radius 2 is 2.05 bits per heavy atom. The van der Waals surface area contributed by atoms with Gasteiger partial charge in [0.25, 0.3) is 0 Å². The van der Waals surface area contributed by atoms with E-state index >= 15 is 0 Å². The minimum Gasteiger partial charge on any atom is -0.492 e. The number of nitrogens with two attached hydrogens (primary N) is 1. The Bertz CT molecular complexity index is 436. The number of aliphatic hydroxyl groups excluding tert-OH is 1. The van der Waals surface area contributed by atoms with Crippen molar-refractivity contribution in [3.05, 3.63) is 29.8 Å². The molecule has 0 aliphatic rings. The molecule has 1 aromatic rings. The maximum absolute atomic E-state index is 9.18. The van der Waals surface area contributed by atoms with E-state index in [1.807, 2.05) is 24.3 Å². The predicted molar refractivity (Wildman–Crippen MR) is 90.9 cm³/mol. The topological polar surface area (TPSA) is 58.7 Å². The largest absolute Gasteiger partial charge is 0.492 e. The van der Waals surface area contributed by atoms with Crippen LogP contribution in [0, 0.1) is 0 Å². The summed E-state index contributed by atoms with van der Waals surface area (Å²) < 4.78 is 5.77. The van der Waals surface area contributed by atoms with Gasteiger partial charge >= 0.3 is 0 Å². The smallest absolute Gasteiger partial charge is 0.120 e. The lowest BCUT2D eigenvalue weighted by Crippen LogP contribution is -2.39. The summed E-state index contributed by atoms with van der Waals surface area (Å²) in [5.74, 6) is 0.772. The van der Waals surface area contributed by atoms with E-state index in [-0.39, 0.29) is 6.61 Å². The fourth-order valence-electron chi connectivity index (χ4n) is 2.43. The summed E-state index contributed by atoms with van der Waals surface area (Å²) in [5.41, 5.74) is 6.43. The van der Waals surface area contributed by atoms with Crippen molar-refractivity contribution < 1.29 is 9.84 Å². The van der Waals surface area contributed by atoms with E-state index in [4.69, 9.17) is 22.7 Å². The van der Waals surface area contributed by atoms with Crippen LogP contribution in [0.3, 0.4) is 0 Å². The van der Waals surface area contributed by atoms with Gasteiger partial charge in [-0.3, -0.25) is 4.90 Å². The molecule has 0 amide bonds. The second-order valence-corrected chi connectivity index (χ2v) is 5.41. The fraction of sp³-hybridized carbons (Fsp3) is 0.562. The second-order valence-electron chi connectivity index (χ2n) is 4.97. The summed E-state index contributed by atoms with van der Waals surface area (Å²) in [7, 11) is 0. The Labute approximate surface area is 132 Å². The molecule has 0 saturated carbocycles. The molecule has 0 unspecified atom stereocenters. The monoisotopic (exact) mass is 310 g/mol. The molecule has 118 valence electrons. The number of hydrogen-bond acceptors (Lipinski definition) is 4. The SMILES string of the molecule is CCC(CC)N(CCO)CCOc1cccc(C(N)=S)c1. The Morgan fingerprint density at radius 1 is 1.33 bits per heavy atom. The minimum absolute atomic E-state index is 0.174. The summed E-state index contributed by atoms with van der Waals surface area (Å²) in [6.07, 6.45) is 2.15. The van der Waals surface area contributed by atoms with Crippen LogP contribution < -0.4 is 10.5 Å². The van der Waals surface area contributed by atoms with Crippen molar-refractivity contribution in [2.45, 2.75) is 32.7 Å². The third kappa shape index (κ3) is 5.99. The molecule has 0 aliphatic carbocycles. The second kappa shape index (κ2) is 9.71. The van der Waals surface area contributed by atoms with E-state index < -0.39 is 0 Å². The molecule has 0 saturated heterocycles. The van der Waals surface area contributed by atoms with Crippen molar-refractivity contribution in [2.75, 3.05) is 26.3 Å². The van der Waals surface area contributed by atoms with E-state index in [2.05, 4.69) is 18.7 Å². The van der Waals surface area contributed by atoms with Crippen LogP contribution in [0.4, 0.5) is 0 Å². The molecule has 0 aliphatic heterocycles. The third-order valence-electron chi connectivity index (χ3n) is 3.61. The van der Waals surface area contributed by atoms with Gasteiger partial charge < -0.3 is 15.6 Å². The highest BCUT2D eigenvalue weighted by atomic mass is 32.1. The molecule has 0 fully saturated rings. The van der Waals surface area contributed by atoms with Crippen LogP contribution in [-0.4, -0.2) is 47.3 Å². The van der Waals surface area contributed by atoms with E-state index in [0.717, 1.165) is 30.7 Å².